The Morgan fingerprint density at radius 2 is 1.70 bits per heavy atom. The molecule has 4 rings (SSSR count). The lowest BCUT2D eigenvalue weighted by molar-refractivity contribution is -0.130. The quantitative estimate of drug-likeness (QED) is 0.763. The normalized spacial score (nSPS) is 17.0. The Morgan fingerprint density at radius 1 is 0.967 bits per heavy atom. The third kappa shape index (κ3) is 4.85. The molecule has 0 aliphatic carbocycles. The number of rotatable bonds is 5. The number of carbonyl (C=O) groups excluding carboxylic acids is 2. The van der Waals surface area contributed by atoms with Gasteiger partial charge in [-0.15, -0.1) is 5.10 Å². The largest absolute Gasteiger partial charge is 0.378 e. The van der Waals surface area contributed by atoms with E-state index in [1.54, 1.807) is 35.4 Å². The second kappa shape index (κ2) is 9.53. The lowest BCUT2D eigenvalue weighted by Gasteiger charge is -2.36. The van der Waals surface area contributed by atoms with Crippen molar-refractivity contribution in [2.75, 3.05) is 68.8 Å². The Kier molecular flexibility index (Phi) is 6.38. The average Bonchev–Trinajstić information content (AvgIpc) is 2.83. The third-order valence-electron chi connectivity index (χ3n) is 5.40. The van der Waals surface area contributed by atoms with Crippen molar-refractivity contribution < 1.29 is 14.3 Å². The molecule has 0 atom stereocenters. The van der Waals surface area contributed by atoms with Crippen LogP contribution in [0.15, 0.2) is 42.6 Å². The second-order valence-electron chi connectivity index (χ2n) is 7.29. The highest BCUT2D eigenvalue weighted by Crippen LogP contribution is 2.21. The van der Waals surface area contributed by atoms with Gasteiger partial charge in [0.1, 0.15) is 0 Å². The van der Waals surface area contributed by atoms with Crippen molar-refractivity contribution >= 4 is 23.3 Å². The molecule has 9 nitrogen and oxygen atoms in total. The molecule has 2 saturated heterocycles. The molecule has 9 heteroatoms. The summed E-state index contributed by atoms with van der Waals surface area (Å²) in [5.41, 5.74) is 1.60. The van der Waals surface area contributed by atoms with Gasteiger partial charge in [0, 0.05) is 50.9 Å². The van der Waals surface area contributed by atoms with Crippen LogP contribution in [-0.4, -0.2) is 85.9 Å². The maximum Gasteiger partial charge on any atom is 0.251 e. The van der Waals surface area contributed by atoms with Crippen LogP contribution < -0.4 is 15.1 Å². The minimum Gasteiger partial charge on any atom is -0.378 e. The average molecular weight is 410 g/mol. The van der Waals surface area contributed by atoms with E-state index in [-0.39, 0.29) is 18.4 Å². The SMILES string of the molecule is O=C(NCC(=O)N1CCN(c2cc(N3CCOCC3)cnn2)CC1)c1ccccc1. The summed E-state index contributed by atoms with van der Waals surface area (Å²) in [7, 11) is 0. The Balaban J connectivity index is 1.27. The number of nitrogens with zero attached hydrogens (tertiary/aromatic N) is 5. The van der Waals surface area contributed by atoms with Crippen molar-refractivity contribution in [1.82, 2.24) is 20.4 Å². The number of benzene rings is 1. The number of aromatic nitrogens is 2. The van der Waals surface area contributed by atoms with E-state index in [9.17, 15) is 9.59 Å². The van der Waals surface area contributed by atoms with Crippen LogP contribution in [0.25, 0.3) is 0 Å². The number of piperazine rings is 1. The zero-order valence-electron chi connectivity index (χ0n) is 16.9. The van der Waals surface area contributed by atoms with Crippen LogP contribution in [0.3, 0.4) is 0 Å². The maximum absolute atomic E-state index is 12.5. The fourth-order valence-corrected chi connectivity index (χ4v) is 3.64. The minimum atomic E-state index is -0.238. The van der Waals surface area contributed by atoms with Gasteiger partial charge in [-0.3, -0.25) is 9.59 Å². The summed E-state index contributed by atoms with van der Waals surface area (Å²) >= 11 is 0. The summed E-state index contributed by atoms with van der Waals surface area (Å²) in [6.07, 6.45) is 1.78. The van der Waals surface area contributed by atoms with E-state index >= 15 is 0 Å². The highest BCUT2D eigenvalue weighted by atomic mass is 16.5. The summed E-state index contributed by atoms with van der Waals surface area (Å²) in [6.45, 7) is 5.68. The van der Waals surface area contributed by atoms with Crippen molar-refractivity contribution in [3.8, 4) is 0 Å². The Morgan fingerprint density at radius 3 is 2.43 bits per heavy atom. The summed E-state index contributed by atoms with van der Waals surface area (Å²) in [4.78, 5) is 30.8. The van der Waals surface area contributed by atoms with Crippen LogP contribution in [-0.2, 0) is 9.53 Å². The van der Waals surface area contributed by atoms with Gasteiger partial charge in [0.15, 0.2) is 5.82 Å². The molecule has 0 spiro atoms. The number of morpholine rings is 1. The van der Waals surface area contributed by atoms with E-state index in [4.69, 9.17) is 4.74 Å². The fourth-order valence-electron chi connectivity index (χ4n) is 3.64. The summed E-state index contributed by atoms with van der Waals surface area (Å²) in [5.74, 6) is 0.508. The molecule has 2 aliphatic rings. The first kappa shape index (κ1) is 20.1. The number of hydrogen-bond acceptors (Lipinski definition) is 7. The molecule has 0 radical (unpaired) electrons. The fraction of sp³-hybridized carbons (Fsp3) is 0.429. The number of anilines is 2. The first-order valence-corrected chi connectivity index (χ1v) is 10.2. The van der Waals surface area contributed by atoms with Crippen molar-refractivity contribution in [1.29, 1.82) is 0 Å². The molecule has 0 bridgehead atoms. The van der Waals surface area contributed by atoms with Gasteiger partial charge in [-0.05, 0) is 12.1 Å². The van der Waals surface area contributed by atoms with E-state index in [1.807, 2.05) is 6.07 Å². The van der Waals surface area contributed by atoms with Gasteiger partial charge in [-0.2, -0.15) is 5.10 Å². The third-order valence-corrected chi connectivity index (χ3v) is 5.40. The molecule has 2 fully saturated rings. The van der Waals surface area contributed by atoms with Gasteiger partial charge in [0.2, 0.25) is 5.91 Å². The zero-order valence-corrected chi connectivity index (χ0v) is 16.9. The van der Waals surface area contributed by atoms with Gasteiger partial charge in [-0.1, -0.05) is 18.2 Å². The molecule has 1 aromatic carbocycles. The van der Waals surface area contributed by atoms with Crippen molar-refractivity contribution in [3.05, 3.63) is 48.2 Å². The number of ether oxygens (including phenoxy) is 1. The molecule has 0 unspecified atom stereocenters. The maximum atomic E-state index is 12.5. The molecular weight excluding hydrogens is 384 g/mol. The lowest BCUT2D eigenvalue weighted by atomic mass is 10.2. The minimum absolute atomic E-state index is 0.0000489. The predicted octanol–water partition coefficient (Wildman–Crippen LogP) is 0.392. The van der Waals surface area contributed by atoms with Gasteiger partial charge >= 0.3 is 0 Å². The molecule has 2 aromatic rings. The highest BCUT2D eigenvalue weighted by molar-refractivity contribution is 5.96. The van der Waals surface area contributed by atoms with Crippen molar-refractivity contribution in [3.63, 3.8) is 0 Å². The molecular formula is C21H26N6O3. The summed E-state index contributed by atoms with van der Waals surface area (Å²) in [6, 6.07) is 11.0. The predicted molar refractivity (Wildman–Crippen MR) is 113 cm³/mol. The molecule has 158 valence electrons. The van der Waals surface area contributed by atoms with Crippen LogP contribution in [0.2, 0.25) is 0 Å². The van der Waals surface area contributed by atoms with Crippen LogP contribution in [0.4, 0.5) is 11.5 Å². The molecule has 2 aliphatic heterocycles. The van der Waals surface area contributed by atoms with Crippen LogP contribution in [0.5, 0.6) is 0 Å². The molecule has 1 N–H and O–H groups in total. The molecule has 1 aromatic heterocycles. The van der Waals surface area contributed by atoms with E-state index in [0.717, 1.165) is 37.8 Å². The van der Waals surface area contributed by atoms with Crippen molar-refractivity contribution in [2.24, 2.45) is 0 Å². The van der Waals surface area contributed by atoms with Gasteiger partial charge in [0.05, 0.1) is 31.6 Å². The Bertz CT molecular complexity index is 864. The second-order valence-corrected chi connectivity index (χ2v) is 7.29. The van der Waals surface area contributed by atoms with Crippen LogP contribution in [0.1, 0.15) is 10.4 Å². The number of hydrogen-bond donors (Lipinski definition) is 1. The van der Waals surface area contributed by atoms with E-state index in [1.165, 1.54) is 0 Å². The molecule has 30 heavy (non-hydrogen) atoms. The zero-order chi connectivity index (χ0) is 20.8. The van der Waals surface area contributed by atoms with Gasteiger partial charge in [0.25, 0.3) is 5.91 Å². The first-order chi connectivity index (χ1) is 14.7. The standard InChI is InChI=1S/C21H26N6O3/c28-20(16-22-21(29)17-4-2-1-3-5-17)27-8-6-26(7-9-27)19-14-18(15-23-24-19)25-10-12-30-13-11-25/h1-5,14-15H,6-13,16H2,(H,22,29). The first-order valence-electron chi connectivity index (χ1n) is 10.2. The van der Waals surface area contributed by atoms with Gasteiger partial charge < -0.3 is 24.8 Å². The van der Waals surface area contributed by atoms with E-state index in [2.05, 4.69) is 31.4 Å². The Labute approximate surface area is 175 Å². The monoisotopic (exact) mass is 410 g/mol. The lowest BCUT2D eigenvalue weighted by Crippen LogP contribution is -2.51. The molecule has 0 saturated carbocycles. The van der Waals surface area contributed by atoms with E-state index in [0.29, 0.717) is 31.7 Å². The van der Waals surface area contributed by atoms with Crippen LogP contribution in [0, 0.1) is 0 Å². The number of nitrogens with one attached hydrogen (secondary N) is 1. The smallest absolute Gasteiger partial charge is 0.251 e. The molecule has 3 heterocycles. The number of amides is 2. The van der Waals surface area contributed by atoms with Crippen molar-refractivity contribution in [2.45, 2.75) is 0 Å². The van der Waals surface area contributed by atoms with E-state index < -0.39 is 0 Å². The van der Waals surface area contributed by atoms with Crippen LogP contribution >= 0.6 is 0 Å². The summed E-state index contributed by atoms with van der Waals surface area (Å²) < 4.78 is 5.41. The van der Waals surface area contributed by atoms with Gasteiger partial charge in [-0.25, -0.2) is 0 Å². The highest BCUT2D eigenvalue weighted by Gasteiger charge is 2.23. The Hall–Kier alpha value is -3.20. The summed E-state index contributed by atoms with van der Waals surface area (Å²) in [5, 5.41) is 11.1. The molecule has 2 amide bonds. The number of carbonyl (C=O) groups is 2. The topological polar surface area (TPSA) is 90.9 Å².